The Labute approximate surface area is 172 Å². The molecule has 0 atom stereocenters. The Balaban J connectivity index is 1.61. The lowest BCUT2D eigenvalue weighted by Gasteiger charge is -2.36. The highest BCUT2D eigenvalue weighted by Crippen LogP contribution is 2.30. The van der Waals surface area contributed by atoms with Crippen LogP contribution in [-0.4, -0.2) is 50.1 Å². The molecule has 0 unspecified atom stereocenters. The number of halogens is 1. The summed E-state index contributed by atoms with van der Waals surface area (Å²) in [7, 11) is 0. The van der Waals surface area contributed by atoms with Crippen LogP contribution in [0.4, 0.5) is 11.4 Å². The summed E-state index contributed by atoms with van der Waals surface area (Å²) in [6, 6.07) is 12.9. The van der Waals surface area contributed by atoms with E-state index in [0.717, 1.165) is 50.6 Å². The number of nitrogens with one attached hydrogen (secondary N) is 1. The number of hydrogen-bond acceptors (Lipinski definition) is 4. The number of amides is 1. The summed E-state index contributed by atoms with van der Waals surface area (Å²) in [5.41, 5.74) is 2.30. The zero-order chi connectivity index (χ0) is 19.9. The first-order chi connectivity index (χ1) is 13.6. The van der Waals surface area contributed by atoms with Gasteiger partial charge in [0, 0.05) is 37.4 Å². The summed E-state index contributed by atoms with van der Waals surface area (Å²) >= 11 is 6.51. The van der Waals surface area contributed by atoms with Crippen molar-refractivity contribution in [3.8, 4) is 5.75 Å². The number of rotatable bonds is 7. The third-order valence-electron chi connectivity index (χ3n) is 4.96. The zero-order valence-electron chi connectivity index (χ0n) is 16.6. The summed E-state index contributed by atoms with van der Waals surface area (Å²) in [6.07, 6.45) is 0.952. The van der Waals surface area contributed by atoms with Crippen molar-refractivity contribution in [1.29, 1.82) is 0 Å². The number of carbonyl (C=O) groups is 1. The molecule has 1 saturated heterocycles. The lowest BCUT2D eigenvalue weighted by molar-refractivity contribution is 0.102. The van der Waals surface area contributed by atoms with Crippen LogP contribution in [0.25, 0.3) is 0 Å². The van der Waals surface area contributed by atoms with E-state index >= 15 is 0 Å². The first-order valence-electron chi connectivity index (χ1n) is 9.91. The Morgan fingerprint density at radius 1 is 1.07 bits per heavy atom. The van der Waals surface area contributed by atoms with Crippen molar-refractivity contribution < 1.29 is 9.53 Å². The van der Waals surface area contributed by atoms with Gasteiger partial charge >= 0.3 is 0 Å². The van der Waals surface area contributed by atoms with Crippen LogP contribution in [0.1, 0.15) is 30.6 Å². The quantitative estimate of drug-likeness (QED) is 0.740. The molecule has 1 fully saturated rings. The van der Waals surface area contributed by atoms with E-state index in [1.54, 1.807) is 12.1 Å². The highest BCUT2D eigenvalue weighted by atomic mass is 35.5. The van der Waals surface area contributed by atoms with Crippen molar-refractivity contribution >= 4 is 28.9 Å². The van der Waals surface area contributed by atoms with Gasteiger partial charge in [0.2, 0.25) is 0 Å². The van der Waals surface area contributed by atoms with Gasteiger partial charge < -0.3 is 19.9 Å². The molecule has 0 aromatic heterocycles. The minimum Gasteiger partial charge on any atom is -0.494 e. The molecule has 0 radical (unpaired) electrons. The predicted molar refractivity (Wildman–Crippen MR) is 116 cm³/mol. The molecule has 0 saturated carbocycles. The molecule has 150 valence electrons. The van der Waals surface area contributed by atoms with Crippen LogP contribution in [-0.2, 0) is 0 Å². The van der Waals surface area contributed by atoms with E-state index in [0.29, 0.717) is 22.9 Å². The van der Waals surface area contributed by atoms with Gasteiger partial charge in [-0.15, -0.1) is 0 Å². The van der Waals surface area contributed by atoms with Gasteiger partial charge in [-0.25, -0.2) is 0 Å². The molecule has 1 N–H and O–H groups in total. The summed E-state index contributed by atoms with van der Waals surface area (Å²) in [5.74, 6) is 0.608. The van der Waals surface area contributed by atoms with Gasteiger partial charge in [-0.1, -0.05) is 25.4 Å². The molecule has 1 heterocycles. The van der Waals surface area contributed by atoms with Crippen molar-refractivity contribution in [3.63, 3.8) is 0 Å². The number of anilines is 2. The summed E-state index contributed by atoms with van der Waals surface area (Å²) in [4.78, 5) is 17.2. The van der Waals surface area contributed by atoms with E-state index in [-0.39, 0.29) is 5.91 Å². The van der Waals surface area contributed by atoms with Crippen molar-refractivity contribution in [2.24, 2.45) is 0 Å². The minimum absolute atomic E-state index is 0.164. The van der Waals surface area contributed by atoms with E-state index < -0.39 is 0 Å². The molecule has 3 rings (SSSR count). The summed E-state index contributed by atoms with van der Waals surface area (Å²) < 4.78 is 5.55. The second-order valence-electron chi connectivity index (χ2n) is 6.91. The van der Waals surface area contributed by atoms with E-state index in [1.165, 1.54) is 0 Å². The summed E-state index contributed by atoms with van der Waals surface area (Å²) in [6.45, 7) is 10.0. The van der Waals surface area contributed by atoms with Gasteiger partial charge in [-0.05, 0) is 55.4 Å². The molecule has 0 bridgehead atoms. The lowest BCUT2D eigenvalue weighted by atomic mass is 10.2. The second kappa shape index (κ2) is 9.80. The standard InChI is InChI=1S/C22H28ClN3O2/c1-3-15-28-19-8-5-17(6-9-19)22(27)24-18-7-10-21(20(23)16-18)26-13-11-25(4-2)12-14-26/h5-10,16H,3-4,11-15H2,1-2H3,(H,24,27). The molecule has 1 aliphatic heterocycles. The Hall–Kier alpha value is -2.24. The molecule has 2 aromatic rings. The fourth-order valence-electron chi connectivity index (χ4n) is 3.27. The molecule has 6 heteroatoms. The van der Waals surface area contributed by atoms with Crippen LogP contribution in [0.3, 0.4) is 0 Å². The first kappa shape index (κ1) is 20.5. The number of benzene rings is 2. The van der Waals surface area contributed by atoms with Crippen LogP contribution >= 0.6 is 11.6 Å². The van der Waals surface area contributed by atoms with E-state index in [9.17, 15) is 4.79 Å². The van der Waals surface area contributed by atoms with Crippen molar-refractivity contribution in [3.05, 3.63) is 53.1 Å². The van der Waals surface area contributed by atoms with Crippen LogP contribution in [0.15, 0.2) is 42.5 Å². The topological polar surface area (TPSA) is 44.8 Å². The lowest BCUT2D eigenvalue weighted by Crippen LogP contribution is -2.46. The SMILES string of the molecule is CCCOc1ccc(C(=O)Nc2ccc(N3CCN(CC)CC3)c(Cl)c2)cc1. The molecule has 2 aromatic carbocycles. The highest BCUT2D eigenvalue weighted by molar-refractivity contribution is 6.33. The van der Waals surface area contributed by atoms with Gasteiger partial charge in [0.05, 0.1) is 17.3 Å². The van der Waals surface area contributed by atoms with Crippen molar-refractivity contribution in [1.82, 2.24) is 4.90 Å². The Bertz CT molecular complexity index is 787. The molecule has 1 amide bonds. The Morgan fingerprint density at radius 3 is 2.39 bits per heavy atom. The maximum Gasteiger partial charge on any atom is 0.255 e. The maximum absolute atomic E-state index is 12.5. The van der Waals surface area contributed by atoms with Gasteiger partial charge in [-0.2, -0.15) is 0 Å². The van der Waals surface area contributed by atoms with Gasteiger partial charge in [-0.3, -0.25) is 4.79 Å². The summed E-state index contributed by atoms with van der Waals surface area (Å²) in [5, 5.41) is 3.58. The smallest absolute Gasteiger partial charge is 0.255 e. The maximum atomic E-state index is 12.5. The number of carbonyl (C=O) groups excluding carboxylic acids is 1. The zero-order valence-corrected chi connectivity index (χ0v) is 17.3. The Kier molecular flexibility index (Phi) is 7.18. The largest absolute Gasteiger partial charge is 0.494 e. The van der Waals surface area contributed by atoms with Gasteiger partial charge in [0.1, 0.15) is 5.75 Å². The van der Waals surface area contributed by atoms with Crippen molar-refractivity contribution in [2.75, 3.05) is 49.5 Å². The van der Waals surface area contributed by atoms with E-state index in [2.05, 4.69) is 29.0 Å². The van der Waals surface area contributed by atoms with Crippen molar-refractivity contribution in [2.45, 2.75) is 20.3 Å². The normalized spacial score (nSPS) is 14.8. The molecule has 5 nitrogen and oxygen atoms in total. The third-order valence-corrected chi connectivity index (χ3v) is 5.26. The van der Waals surface area contributed by atoms with Crippen LogP contribution in [0.5, 0.6) is 5.75 Å². The fourth-order valence-corrected chi connectivity index (χ4v) is 3.57. The van der Waals surface area contributed by atoms with Gasteiger partial charge in [0.25, 0.3) is 5.91 Å². The monoisotopic (exact) mass is 401 g/mol. The molecule has 1 aliphatic rings. The number of nitrogens with zero attached hydrogens (tertiary/aromatic N) is 2. The number of likely N-dealkylation sites (N-methyl/N-ethyl adjacent to an activating group) is 1. The first-order valence-corrected chi connectivity index (χ1v) is 10.3. The molecule has 0 aliphatic carbocycles. The van der Waals surface area contributed by atoms with E-state index in [4.69, 9.17) is 16.3 Å². The third kappa shape index (κ3) is 5.18. The molecular weight excluding hydrogens is 374 g/mol. The molecule has 28 heavy (non-hydrogen) atoms. The fraction of sp³-hybridized carbons (Fsp3) is 0.409. The van der Waals surface area contributed by atoms with Crippen LogP contribution in [0, 0.1) is 0 Å². The van der Waals surface area contributed by atoms with Crippen LogP contribution in [0.2, 0.25) is 5.02 Å². The minimum atomic E-state index is -0.164. The van der Waals surface area contributed by atoms with Crippen LogP contribution < -0.4 is 15.0 Å². The number of ether oxygens (including phenoxy) is 1. The highest BCUT2D eigenvalue weighted by Gasteiger charge is 2.18. The van der Waals surface area contributed by atoms with Gasteiger partial charge in [0.15, 0.2) is 0 Å². The van der Waals surface area contributed by atoms with E-state index in [1.807, 2.05) is 30.3 Å². The number of piperazine rings is 1. The predicted octanol–water partition coefficient (Wildman–Crippen LogP) is 4.52. The Morgan fingerprint density at radius 2 is 1.79 bits per heavy atom. The number of hydrogen-bond donors (Lipinski definition) is 1. The molecular formula is C22H28ClN3O2. The average molecular weight is 402 g/mol. The second-order valence-corrected chi connectivity index (χ2v) is 7.32. The molecule has 0 spiro atoms. The average Bonchev–Trinajstić information content (AvgIpc) is 2.73.